The quantitative estimate of drug-likeness (QED) is 0.835. The standard InChI is InChI=1S/C13H22N4OS2/c1-7-5-4-6-10(8(7)2)15-11(18)9(3)19-13-17-16-12(14)20-13/h7-10H,4-6H2,1-3H3,(H2,14,16)(H,15,18)/t7-,8-,9-,10-/m1/s1. The van der Waals surface area contributed by atoms with E-state index in [2.05, 4.69) is 29.4 Å². The molecule has 1 aliphatic carbocycles. The van der Waals surface area contributed by atoms with Gasteiger partial charge in [-0.25, -0.2) is 0 Å². The molecule has 1 heterocycles. The third-order valence-corrected chi connectivity index (χ3v) is 6.04. The molecule has 0 bridgehead atoms. The highest BCUT2D eigenvalue weighted by Gasteiger charge is 2.29. The van der Waals surface area contributed by atoms with Crippen molar-refractivity contribution in [2.24, 2.45) is 11.8 Å². The molecule has 3 N–H and O–H groups in total. The number of hydrogen-bond acceptors (Lipinski definition) is 6. The Balaban J connectivity index is 1.87. The molecule has 5 nitrogen and oxygen atoms in total. The van der Waals surface area contributed by atoms with Gasteiger partial charge in [-0.15, -0.1) is 10.2 Å². The summed E-state index contributed by atoms with van der Waals surface area (Å²) in [6.07, 6.45) is 3.55. The Morgan fingerprint density at radius 2 is 2.20 bits per heavy atom. The van der Waals surface area contributed by atoms with Crippen LogP contribution in [-0.2, 0) is 4.79 Å². The normalized spacial score (nSPS) is 28.1. The zero-order valence-corrected chi connectivity index (χ0v) is 13.8. The Kier molecular flexibility index (Phi) is 5.26. The van der Waals surface area contributed by atoms with E-state index in [1.165, 1.54) is 35.9 Å². The predicted molar refractivity (Wildman–Crippen MR) is 83.8 cm³/mol. The van der Waals surface area contributed by atoms with Crippen LogP contribution in [-0.4, -0.2) is 27.4 Å². The number of thioether (sulfide) groups is 1. The van der Waals surface area contributed by atoms with Crippen molar-refractivity contribution in [1.82, 2.24) is 15.5 Å². The molecule has 2 rings (SSSR count). The molecule has 0 aromatic carbocycles. The van der Waals surface area contributed by atoms with Crippen LogP contribution in [0.2, 0.25) is 0 Å². The molecule has 7 heteroatoms. The smallest absolute Gasteiger partial charge is 0.233 e. The maximum atomic E-state index is 12.3. The van der Waals surface area contributed by atoms with Crippen LogP contribution in [0.3, 0.4) is 0 Å². The zero-order valence-electron chi connectivity index (χ0n) is 12.1. The van der Waals surface area contributed by atoms with Gasteiger partial charge in [-0.3, -0.25) is 4.79 Å². The van der Waals surface area contributed by atoms with E-state index < -0.39 is 0 Å². The van der Waals surface area contributed by atoms with Crippen molar-refractivity contribution >= 4 is 34.1 Å². The fraction of sp³-hybridized carbons (Fsp3) is 0.769. The first-order valence-electron chi connectivity index (χ1n) is 7.03. The zero-order chi connectivity index (χ0) is 14.7. The maximum absolute atomic E-state index is 12.3. The molecule has 1 aromatic rings. The van der Waals surface area contributed by atoms with Crippen LogP contribution in [0.25, 0.3) is 0 Å². The van der Waals surface area contributed by atoms with Crippen molar-refractivity contribution < 1.29 is 4.79 Å². The summed E-state index contributed by atoms with van der Waals surface area (Å²) in [7, 11) is 0. The summed E-state index contributed by atoms with van der Waals surface area (Å²) in [4.78, 5) is 12.3. The number of anilines is 1. The van der Waals surface area contributed by atoms with Gasteiger partial charge in [0.1, 0.15) is 0 Å². The third-order valence-electron chi connectivity index (χ3n) is 4.10. The molecule has 1 aliphatic rings. The van der Waals surface area contributed by atoms with Crippen molar-refractivity contribution in [2.45, 2.75) is 55.7 Å². The molecule has 20 heavy (non-hydrogen) atoms. The van der Waals surface area contributed by atoms with E-state index in [-0.39, 0.29) is 11.2 Å². The number of carbonyl (C=O) groups is 1. The highest BCUT2D eigenvalue weighted by molar-refractivity contribution is 8.02. The second-order valence-corrected chi connectivity index (χ2v) is 8.15. The highest BCUT2D eigenvalue weighted by atomic mass is 32.2. The Morgan fingerprint density at radius 1 is 1.45 bits per heavy atom. The second-order valence-electron chi connectivity index (χ2n) is 5.55. The number of nitrogens with two attached hydrogens (primary N) is 1. The van der Waals surface area contributed by atoms with Crippen LogP contribution in [0, 0.1) is 11.8 Å². The molecule has 1 amide bonds. The second kappa shape index (κ2) is 6.76. The molecule has 1 fully saturated rings. The lowest BCUT2D eigenvalue weighted by Gasteiger charge is -2.35. The van der Waals surface area contributed by atoms with Gasteiger partial charge in [0, 0.05) is 6.04 Å². The fourth-order valence-electron chi connectivity index (χ4n) is 2.56. The number of aromatic nitrogens is 2. The Labute approximate surface area is 128 Å². The minimum absolute atomic E-state index is 0.0784. The largest absolute Gasteiger partial charge is 0.374 e. The molecule has 1 aromatic heterocycles. The van der Waals surface area contributed by atoms with Gasteiger partial charge in [-0.05, 0) is 25.2 Å². The number of nitrogen functional groups attached to an aromatic ring is 1. The van der Waals surface area contributed by atoms with Gasteiger partial charge in [0.25, 0.3) is 0 Å². The van der Waals surface area contributed by atoms with Crippen LogP contribution in [0.4, 0.5) is 5.13 Å². The first-order valence-corrected chi connectivity index (χ1v) is 8.73. The highest BCUT2D eigenvalue weighted by Crippen LogP contribution is 2.31. The van der Waals surface area contributed by atoms with Crippen molar-refractivity contribution in [1.29, 1.82) is 0 Å². The summed E-state index contributed by atoms with van der Waals surface area (Å²) in [5, 5.41) is 11.2. The van der Waals surface area contributed by atoms with Crippen molar-refractivity contribution in [3.8, 4) is 0 Å². The number of rotatable bonds is 4. The number of hydrogen-bond donors (Lipinski definition) is 2. The van der Waals surface area contributed by atoms with E-state index in [1.54, 1.807) is 0 Å². The topological polar surface area (TPSA) is 80.9 Å². The van der Waals surface area contributed by atoms with Crippen LogP contribution >= 0.6 is 23.1 Å². The van der Waals surface area contributed by atoms with Crippen molar-refractivity contribution in [3.63, 3.8) is 0 Å². The lowest BCUT2D eigenvalue weighted by atomic mass is 9.78. The number of amides is 1. The molecular weight excluding hydrogens is 292 g/mol. The molecule has 4 atom stereocenters. The third kappa shape index (κ3) is 3.85. The predicted octanol–water partition coefficient (Wildman–Crippen LogP) is 2.54. The van der Waals surface area contributed by atoms with E-state index in [4.69, 9.17) is 5.73 Å². The van der Waals surface area contributed by atoms with Gasteiger partial charge in [0.2, 0.25) is 11.0 Å². The summed E-state index contributed by atoms with van der Waals surface area (Å²) in [5.74, 6) is 1.30. The van der Waals surface area contributed by atoms with Gasteiger partial charge < -0.3 is 11.1 Å². The van der Waals surface area contributed by atoms with E-state index in [1.807, 2.05) is 6.92 Å². The summed E-state index contributed by atoms with van der Waals surface area (Å²) in [6.45, 7) is 6.40. The number of carbonyl (C=O) groups excluding carboxylic acids is 1. The van der Waals surface area contributed by atoms with Crippen LogP contribution in [0.15, 0.2) is 4.34 Å². The Morgan fingerprint density at radius 3 is 2.85 bits per heavy atom. The summed E-state index contributed by atoms with van der Waals surface area (Å²) in [5.41, 5.74) is 5.54. The Hall–Kier alpha value is -0.820. The van der Waals surface area contributed by atoms with Crippen LogP contribution in [0.1, 0.15) is 40.0 Å². The van der Waals surface area contributed by atoms with Crippen molar-refractivity contribution in [3.05, 3.63) is 0 Å². The summed E-state index contributed by atoms with van der Waals surface area (Å²) in [6, 6.07) is 0.300. The molecule has 0 aliphatic heterocycles. The Bertz CT molecular complexity index is 465. The molecule has 112 valence electrons. The molecule has 0 spiro atoms. The van der Waals surface area contributed by atoms with E-state index in [0.29, 0.717) is 23.0 Å². The average Bonchev–Trinajstić information content (AvgIpc) is 2.80. The fourth-order valence-corrected chi connectivity index (χ4v) is 4.35. The molecular formula is C13H22N4OS2. The minimum Gasteiger partial charge on any atom is -0.374 e. The van der Waals surface area contributed by atoms with Gasteiger partial charge in [-0.1, -0.05) is 49.8 Å². The van der Waals surface area contributed by atoms with Gasteiger partial charge >= 0.3 is 0 Å². The molecule has 0 unspecified atom stereocenters. The summed E-state index contributed by atoms with van der Waals surface area (Å²) >= 11 is 2.73. The lowest BCUT2D eigenvalue weighted by Crippen LogP contribution is -2.46. The van der Waals surface area contributed by atoms with Gasteiger partial charge in [0.15, 0.2) is 4.34 Å². The molecule has 0 saturated heterocycles. The first kappa shape index (κ1) is 15.6. The van der Waals surface area contributed by atoms with E-state index >= 15 is 0 Å². The monoisotopic (exact) mass is 314 g/mol. The molecule has 0 radical (unpaired) electrons. The van der Waals surface area contributed by atoms with Crippen LogP contribution < -0.4 is 11.1 Å². The number of nitrogens with zero attached hydrogens (tertiary/aromatic N) is 2. The molecule has 1 saturated carbocycles. The van der Waals surface area contributed by atoms with Crippen molar-refractivity contribution in [2.75, 3.05) is 5.73 Å². The van der Waals surface area contributed by atoms with Crippen LogP contribution in [0.5, 0.6) is 0 Å². The minimum atomic E-state index is -0.174. The van der Waals surface area contributed by atoms with Gasteiger partial charge in [0.05, 0.1) is 5.25 Å². The number of nitrogens with one attached hydrogen (secondary N) is 1. The van der Waals surface area contributed by atoms with E-state index in [9.17, 15) is 4.79 Å². The first-order chi connectivity index (χ1) is 9.47. The summed E-state index contributed by atoms with van der Waals surface area (Å²) < 4.78 is 0.746. The maximum Gasteiger partial charge on any atom is 0.233 e. The lowest BCUT2D eigenvalue weighted by molar-refractivity contribution is -0.121. The SMILES string of the molecule is C[C@@H]1[C@H](C)CCC[C@H]1NC(=O)[C@@H](C)Sc1nnc(N)s1. The van der Waals surface area contributed by atoms with Gasteiger partial charge in [-0.2, -0.15) is 0 Å². The average molecular weight is 314 g/mol. The van der Waals surface area contributed by atoms with E-state index in [0.717, 1.165) is 10.8 Å².